The van der Waals surface area contributed by atoms with Crippen molar-refractivity contribution in [2.45, 2.75) is 30.4 Å². The molecule has 0 aliphatic carbocycles. The van der Waals surface area contributed by atoms with Gasteiger partial charge in [0.05, 0.1) is 23.4 Å². The Kier molecular flexibility index (Phi) is 5.76. The quantitative estimate of drug-likeness (QED) is 0.627. The Morgan fingerprint density at radius 3 is 2.57 bits per heavy atom. The zero-order valence-corrected chi connectivity index (χ0v) is 16.5. The number of nitrogens with one attached hydrogen (secondary N) is 2. The minimum Gasteiger partial charge on any atom is -0.391 e. The Morgan fingerprint density at radius 2 is 1.97 bits per heavy atom. The maximum absolute atomic E-state index is 14.3. The average molecular weight is 447 g/mol. The number of hydrogen-bond donors (Lipinski definition) is 3. The molecule has 1 aliphatic rings. The summed E-state index contributed by atoms with van der Waals surface area (Å²) in [5.74, 6) is -4.09. The highest BCUT2D eigenvalue weighted by atomic mass is 32.2. The van der Waals surface area contributed by atoms with Crippen LogP contribution in [-0.4, -0.2) is 36.1 Å². The number of hydrogen-bond acceptors (Lipinski definition) is 4. The first-order chi connectivity index (χ1) is 13.9. The number of halogens is 4. The first-order valence-electron chi connectivity index (χ1n) is 8.59. The highest BCUT2D eigenvalue weighted by molar-refractivity contribution is 7.89. The number of carbonyl (C=O) groups is 1. The number of alkyl halides is 2. The molecule has 3 rings (SSSR count). The van der Waals surface area contributed by atoms with Gasteiger partial charge in [-0.05, 0) is 19.1 Å². The zero-order chi connectivity index (χ0) is 22.4. The van der Waals surface area contributed by atoms with E-state index in [1.54, 1.807) is 0 Å². The molecular weight excluding hydrogens is 430 g/mol. The molecule has 1 unspecified atom stereocenters. The van der Waals surface area contributed by atoms with E-state index in [0.29, 0.717) is 6.07 Å². The molecule has 1 aliphatic heterocycles. The molecule has 162 valence electrons. The molecular formula is C18H17F4N3O4S. The van der Waals surface area contributed by atoms with Crippen molar-refractivity contribution in [1.82, 2.24) is 9.29 Å². The normalized spacial score (nSPS) is 18.7. The first kappa shape index (κ1) is 22.0. The molecule has 1 aromatic carbocycles. The molecule has 0 fully saturated rings. The predicted octanol–water partition coefficient (Wildman–Crippen LogP) is 2.55. The SMILES string of the molecule is C[C@H](O)C1C=Cc2c(cn(C)c2C(=O)Nc2ccc(F)c(C(F)F)c2F)S(=O)(=O)N1. The summed E-state index contributed by atoms with van der Waals surface area (Å²) in [7, 11) is -2.74. The van der Waals surface area contributed by atoms with Gasteiger partial charge in [-0.1, -0.05) is 12.2 Å². The van der Waals surface area contributed by atoms with Crippen LogP contribution in [0.15, 0.2) is 29.3 Å². The summed E-state index contributed by atoms with van der Waals surface area (Å²) in [6.07, 6.45) is -0.701. The van der Waals surface area contributed by atoms with E-state index in [9.17, 15) is 35.9 Å². The van der Waals surface area contributed by atoms with E-state index in [-0.39, 0.29) is 16.2 Å². The highest BCUT2D eigenvalue weighted by Gasteiger charge is 2.32. The number of carbonyl (C=O) groups excluding carboxylic acids is 1. The fourth-order valence-corrected chi connectivity index (χ4v) is 4.57. The van der Waals surface area contributed by atoms with Gasteiger partial charge >= 0.3 is 0 Å². The van der Waals surface area contributed by atoms with Gasteiger partial charge in [-0.25, -0.2) is 30.7 Å². The van der Waals surface area contributed by atoms with Crippen LogP contribution in [0.1, 0.15) is 35.0 Å². The molecule has 0 radical (unpaired) electrons. The number of aliphatic hydroxyl groups excluding tert-OH is 1. The summed E-state index contributed by atoms with van der Waals surface area (Å²) in [4.78, 5) is 12.5. The number of nitrogens with zero attached hydrogens (tertiary/aromatic N) is 1. The summed E-state index contributed by atoms with van der Waals surface area (Å²) >= 11 is 0. The van der Waals surface area contributed by atoms with Crippen molar-refractivity contribution < 1.29 is 35.9 Å². The number of benzene rings is 1. The maximum Gasteiger partial charge on any atom is 0.273 e. The molecule has 0 bridgehead atoms. The summed E-state index contributed by atoms with van der Waals surface area (Å²) in [6, 6.07) is 0.424. The van der Waals surface area contributed by atoms with Gasteiger partial charge in [0, 0.05) is 18.8 Å². The van der Waals surface area contributed by atoms with Crippen molar-refractivity contribution in [3.63, 3.8) is 0 Å². The first-order valence-corrected chi connectivity index (χ1v) is 10.1. The summed E-state index contributed by atoms with van der Waals surface area (Å²) < 4.78 is 82.1. The van der Waals surface area contributed by atoms with Gasteiger partial charge in [-0.15, -0.1) is 0 Å². The van der Waals surface area contributed by atoms with Crippen molar-refractivity contribution in [3.05, 3.63) is 52.9 Å². The van der Waals surface area contributed by atoms with Gasteiger partial charge in [-0.2, -0.15) is 0 Å². The summed E-state index contributed by atoms with van der Waals surface area (Å²) in [5, 5.41) is 11.8. The van der Waals surface area contributed by atoms with Gasteiger partial charge in [0.15, 0.2) is 5.82 Å². The molecule has 30 heavy (non-hydrogen) atoms. The van der Waals surface area contributed by atoms with E-state index in [4.69, 9.17) is 0 Å². The lowest BCUT2D eigenvalue weighted by Gasteiger charge is -2.15. The second-order valence-corrected chi connectivity index (χ2v) is 8.37. The van der Waals surface area contributed by atoms with Crippen LogP contribution >= 0.6 is 0 Å². The average Bonchev–Trinajstić information content (AvgIpc) is 2.91. The number of aromatic nitrogens is 1. The third-order valence-corrected chi connectivity index (χ3v) is 6.05. The standard InChI is InChI=1S/C18H17F4N3O4S/c1-8(26)11-5-3-9-13(30(28,29)24-11)7-25(2)16(9)18(27)23-12-6-4-10(19)14(15(12)20)17(21)22/h3-8,11,17,24,26H,1-2H3,(H,23,27)/t8-,11?/m0/s1. The van der Waals surface area contributed by atoms with Crippen molar-refractivity contribution in [2.24, 2.45) is 7.05 Å². The molecule has 0 saturated heterocycles. The van der Waals surface area contributed by atoms with Gasteiger partial charge in [0.25, 0.3) is 12.3 Å². The van der Waals surface area contributed by atoms with E-state index < -0.39 is 57.4 Å². The minimum absolute atomic E-state index is 0.0396. The molecule has 2 atom stereocenters. The second kappa shape index (κ2) is 7.85. The lowest BCUT2D eigenvalue weighted by molar-refractivity contribution is 0.101. The van der Waals surface area contributed by atoms with Crippen molar-refractivity contribution >= 4 is 27.7 Å². The van der Waals surface area contributed by atoms with Crippen LogP contribution in [0.4, 0.5) is 23.2 Å². The third-order valence-electron chi connectivity index (χ3n) is 4.56. The van der Waals surface area contributed by atoms with Gasteiger partial charge in [-0.3, -0.25) is 4.79 Å². The van der Waals surface area contributed by atoms with Crippen molar-refractivity contribution in [2.75, 3.05) is 5.32 Å². The summed E-state index contributed by atoms with van der Waals surface area (Å²) in [6.45, 7) is 1.37. The topological polar surface area (TPSA) is 100 Å². The maximum atomic E-state index is 14.3. The van der Waals surface area contributed by atoms with E-state index in [2.05, 4.69) is 10.0 Å². The number of fused-ring (bicyclic) bond motifs is 1. The Labute approximate surface area is 169 Å². The molecule has 3 N–H and O–H groups in total. The molecule has 1 amide bonds. The van der Waals surface area contributed by atoms with Crippen molar-refractivity contribution in [1.29, 1.82) is 0 Å². The summed E-state index contributed by atoms with van der Waals surface area (Å²) in [5.41, 5.74) is -2.42. The number of aliphatic hydroxyl groups is 1. The Balaban J connectivity index is 2.05. The van der Waals surface area contributed by atoms with E-state index in [0.717, 1.165) is 12.3 Å². The Hall–Kier alpha value is -2.70. The van der Waals surface area contributed by atoms with Crippen LogP contribution < -0.4 is 10.0 Å². The van der Waals surface area contributed by atoms with E-state index in [1.165, 1.54) is 30.7 Å². The number of aryl methyl sites for hydroxylation is 1. The molecule has 0 saturated carbocycles. The second-order valence-electron chi connectivity index (χ2n) is 6.69. The minimum atomic E-state index is -4.11. The van der Waals surface area contributed by atoms with Crippen LogP contribution in [0, 0.1) is 11.6 Å². The van der Waals surface area contributed by atoms with Crippen LogP contribution in [0.2, 0.25) is 0 Å². The molecule has 1 aromatic heterocycles. The third kappa shape index (κ3) is 3.85. The number of amides is 1. The van der Waals surface area contributed by atoms with Crippen LogP contribution in [0.25, 0.3) is 6.08 Å². The van der Waals surface area contributed by atoms with Gasteiger partial charge in [0.2, 0.25) is 10.0 Å². The molecule has 12 heteroatoms. The monoisotopic (exact) mass is 447 g/mol. The van der Waals surface area contributed by atoms with Crippen LogP contribution in [0.3, 0.4) is 0 Å². The fourth-order valence-electron chi connectivity index (χ4n) is 3.06. The largest absolute Gasteiger partial charge is 0.391 e. The lowest BCUT2D eigenvalue weighted by Crippen LogP contribution is -2.39. The van der Waals surface area contributed by atoms with E-state index >= 15 is 0 Å². The number of sulfonamides is 1. The lowest BCUT2D eigenvalue weighted by atomic mass is 10.1. The molecule has 2 heterocycles. The molecule has 0 spiro atoms. The van der Waals surface area contributed by atoms with Gasteiger partial charge < -0.3 is 15.0 Å². The smallest absolute Gasteiger partial charge is 0.273 e. The van der Waals surface area contributed by atoms with Gasteiger partial charge in [0.1, 0.15) is 16.4 Å². The van der Waals surface area contributed by atoms with Crippen molar-refractivity contribution in [3.8, 4) is 0 Å². The Bertz CT molecular complexity index is 1140. The van der Waals surface area contributed by atoms with Crippen LogP contribution in [0.5, 0.6) is 0 Å². The predicted molar refractivity (Wildman–Crippen MR) is 99.5 cm³/mol. The molecule has 7 nitrogen and oxygen atoms in total. The fraction of sp³-hybridized carbons (Fsp3) is 0.278. The molecule has 2 aromatic rings. The number of anilines is 1. The number of rotatable bonds is 4. The highest BCUT2D eigenvalue weighted by Crippen LogP contribution is 2.31. The zero-order valence-electron chi connectivity index (χ0n) is 15.7. The van der Waals surface area contributed by atoms with Crippen LogP contribution in [-0.2, 0) is 17.1 Å². The van der Waals surface area contributed by atoms with E-state index in [1.807, 2.05) is 0 Å². The Morgan fingerprint density at radius 1 is 1.30 bits per heavy atom.